The smallest absolute Gasteiger partial charge is 0.344 e. The number of nitrogens with zero attached hydrogens (tertiary/aromatic N) is 2. The monoisotopic (exact) mass is 320 g/mol. The summed E-state index contributed by atoms with van der Waals surface area (Å²) in [5.74, 6) is -0.913. The average Bonchev–Trinajstić information content (AvgIpc) is 3.00. The van der Waals surface area contributed by atoms with Crippen molar-refractivity contribution in [2.24, 2.45) is 0 Å². The van der Waals surface area contributed by atoms with Crippen LogP contribution >= 0.6 is 11.8 Å². The third-order valence-electron chi connectivity index (χ3n) is 3.82. The topological polar surface area (TPSA) is 66.9 Å². The van der Waals surface area contributed by atoms with Crippen LogP contribution in [0.15, 0.2) is 29.2 Å². The van der Waals surface area contributed by atoms with Crippen molar-refractivity contribution in [1.82, 2.24) is 4.90 Å². The van der Waals surface area contributed by atoms with Crippen molar-refractivity contribution in [3.05, 3.63) is 24.3 Å². The minimum absolute atomic E-state index is 0.0895. The summed E-state index contributed by atoms with van der Waals surface area (Å²) in [4.78, 5) is 39.1. The molecule has 6 nitrogen and oxygen atoms in total. The Bertz CT molecular complexity index is 661. The molecule has 2 aliphatic rings. The van der Waals surface area contributed by atoms with E-state index in [1.807, 2.05) is 24.3 Å². The number of para-hydroxylation sites is 1. The van der Waals surface area contributed by atoms with Crippen LogP contribution in [0.25, 0.3) is 0 Å². The Morgan fingerprint density at radius 3 is 2.82 bits per heavy atom. The predicted molar refractivity (Wildman–Crippen MR) is 81.4 cm³/mol. The molecular formula is C15H16N2O4S. The van der Waals surface area contributed by atoms with E-state index in [1.165, 1.54) is 21.6 Å². The fourth-order valence-corrected chi connectivity index (χ4v) is 4.05. The van der Waals surface area contributed by atoms with Crippen molar-refractivity contribution in [1.29, 1.82) is 0 Å². The molecular weight excluding hydrogens is 304 g/mol. The van der Waals surface area contributed by atoms with E-state index in [0.29, 0.717) is 12.8 Å². The Morgan fingerprint density at radius 2 is 2.09 bits per heavy atom. The van der Waals surface area contributed by atoms with Gasteiger partial charge in [0, 0.05) is 31.8 Å². The molecule has 0 radical (unpaired) electrons. The van der Waals surface area contributed by atoms with E-state index in [1.54, 1.807) is 14.1 Å². The first-order valence-corrected chi connectivity index (χ1v) is 7.76. The van der Waals surface area contributed by atoms with Gasteiger partial charge in [-0.05, 0) is 12.1 Å². The van der Waals surface area contributed by atoms with E-state index in [9.17, 15) is 14.4 Å². The largest absolute Gasteiger partial charge is 0.453 e. The molecule has 1 aromatic carbocycles. The van der Waals surface area contributed by atoms with Crippen LogP contribution in [-0.2, 0) is 19.1 Å². The Balaban J connectivity index is 1.85. The predicted octanol–water partition coefficient (Wildman–Crippen LogP) is 1.25. The Morgan fingerprint density at radius 1 is 1.36 bits per heavy atom. The zero-order chi connectivity index (χ0) is 15.9. The summed E-state index contributed by atoms with van der Waals surface area (Å²) >= 11 is 1.33. The number of carbonyl (C=O) groups excluding carboxylic acids is 3. The lowest BCUT2D eigenvalue weighted by Crippen LogP contribution is -2.48. The van der Waals surface area contributed by atoms with Crippen LogP contribution in [0.2, 0.25) is 0 Å². The van der Waals surface area contributed by atoms with Gasteiger partial charge in [-0.1, -0.05) is 23.9 Å². The van der Waals surface area contributed by atoms with Crippen LogP contribution in [0.3, 0.4) is 0 Å². The molecule has 1 fully saturated rings. The second-order valence-electron chi connectivity index (χ2n) is 5.45. The van der Waals surface area contributed by atoms with Crippen LogP contribution in [0.1, 0.15) is 12.8 Å². The molecule has 0 saturated carbocycles. The van der Waals surface area contributed by atoms with Gasteiger partial charge in [-0.2, -0.15) is 0 Å². The molecule has 1 atom stereocenters. The summed E-state index contributed by atoms with van der Waals surface area (Å²) in [6, 6.07) is 7.41. The van der Waals surface area contributed by atoms with E-state index in [2.05, 4.69) is 0 Å². The lowest BCUT2D eigenvalue weighted by atomic mass is 10.2. The second kappa shape index (κ2) is 5.31. The highest BCUT2D eigenvalue weighted by molar-refractivity contribution is 8.02. The SMILES string of the molecule is CN(C)C(=O)COC(=O)[C@]12CCC(=O)N1c1ccccc1S2. The third-order valence-corrected chi connectivity index (χ3v) is 5.27. The highest BCUT2D eigenvalue weighted by atomic mass is 32.2. The number of hydrogen-bond donors (Lipinski definition) is 0. The zero-order valence-corrected chi connectivity index (χ0v) is 13.2. The van der Waals surface area contributed by atoms with Crippen molar-refractivity contribution >= 4 is 35.2 Å². The van der Waals surface area contributed by atoms with Crippen LogP contribution in [0, 0.1) is 0 Å². The Labute approximate surface area is 132 Å². The lowest BCUT2D eigenvalue weighted by molar-refractivity contribution is -0.153. The summed E-state index contributed by atoms with van der Waals surface area (Å²) in [6.07, 6.45) is 0.693. The minimum atomic E-state index is -1.06. The van der Waals surface area contributed by atoms with Gasteiger partial charge in [0.1, 0.15) is 0 Å². The molecule has 0 aromatic heterocycles. The van der Waals surface area contributed by atoms with Crippen molar-refractivity contribution in [2.45, 2.75) is 22.6 Å². The summed E-state index contributed by atoms with van der Waals surface area (Å²) in [6.45, 7) is -0.313. The van der Waals surface area contributed by atoms with Crippen LogP contribution < -0.4 is 4.90 Å². The summed E-state index contributed by atoms with van der Waals surface area (Å²) in [5, 5.41) is 0. The third kappa shape index (κ3) is 2.16. The highest BCUT2D eigenvalue weighted by Crippen LogP contribution is 2.56. The number of fused-ring (bicyclic) bond motifs is 3. The number of ether oxygens (including phenoxy) is 1. The van der Waals surface area contributed by atoms with Gasteiger partial charge < -0.3 is 9.64 Å². The first-order chi connectivity index (χ1) is 10.5. The molecule has 7 heteroatoms. The number of esters is 1. The molecule has 116 valence electrons. The van der Waals surface area contributed by atoms with Gasteiger partial charge in [0.05, 0.1) is 5.69 Å². The van der Waals surface area contributed by atoms with E-state index in [-0.39, 0.29) is 18.4 Å². The van der Waals surface area contributed by atoms with Crippen molar-refractivity contribution < 1.29 is 19.1 Å². The number of anilines is 1. The maximum absolute atomic E-state index is 12.6. The number of amides is 2. The maximum atomic E-state index is 12.6. The first-order valence-electron chi connectivity index (χ1n) is 6.94. The van der Waals surface area contributed by atoms with Gasteiger partial charge >= 0.3 is 5.97 Å². The maximum Gasteiger partial charge on any atom is 0.344 e. The number of rotatable bonds is 3. The Kier molecular flexibility index (Phi) is 3.60. The van der Waals surface area contributed by atoms with Crippen molar-refractivity contribution in [3.63, 3.8) is 0 Å². The lowest BCUT2D eigenvalue weighted by Gasteiger charge is -2.28. The summed E-state index contributed by atoms with van der Waals surface area (Å²) in [7, 11) is 3.19. The molecule has 0 N–H and O–H groups in total. The summed E-state index contributed by atoms with van der Waals surface area (Å²) < 4.78 is 5.19. The van der Waals surface area contributed by atoms with E-state index in [4.69, 9.17) is 4.74 Å². The molecule has 1 aromatic rings. The molecule has 2 aliphatic heterocycles. The fourth-order valence-electron chi connectivity index (χ4n) is 2.64. The van der Waals surface area contributed by atoms with Crippen LogP contribution in [-0.4, -0.2) is 48.3 Å². The second-order valence-corrected chi connectivity index (χ2v) is 6.77. The molecule has 2 amide bonds. The molecule has 3 rings (SSSR count). The van der Waals surface area contributed by atoms with Gasteiger partial charge in [-0.25, -0.2) is 4.79 Å². The number of hydrogen-bond acceptors (Lipinski definition) is 5. The van der Waals surface area contributed by atoms with Gasteiger partial charge in [-0.3, -0.25) is 14.5 Å². The van der Waals surface area contributed by atoms with Gasteiger partial charge in [-0.15, -0.1) is 0 Å². The van der Waals surface area contributed by atoms with Crippen molar-refractivity contribution in [3.8, 4) is 0 Å². The standard InChI is InChI=1S/C15H16N2O4S/c1-16(2)13(19)9-21-14(20)15-8-7-12(18)17(15)10-5-3-4-6-11(10)22-15/h3-6H,7-9H2,1-2H3/t15-/m1/s1. The fraction of sp³-hybridized carbons (Fsp3) is 0.400. The minimum Gasteiger partial charge on any atom is -0.453 e. The number of carbonyl (C=O) groups is 3. The number of benzene rings is 1. The molecule has 0 aliphatic carbocycles. The normalized spacial score (nSPS) is 22.3. The van der Waals surface area contributed by atoms with Gasteiger partial charge in [0.15, 0.2) is 11.5 Å². The molecule has 0 spiro atoms. The van der Waals surface area contributed by atoms with Crippen LogP contribution in [0.5, 0.6) is 0 Å². The molecule has 22 heavy (non-hydrogen) atoms. The highest BCUT2D eigenvalue weighted by Gasteiger charge is 2.58. The molecule has 2 heterocycles. The van der Waals surface area contributed by atoms with Gasteiger partial charge in [0.25, 0.3) is 5.91 Å². The van der Waals surface area contributed by atoms with Gasteiger partial charge in [0.2, 0.25) is 5.91 Å². The molecule has 0 bridgehead atoms. The van der Waals surface area contributed by atoms with E-state index < -0.39 is 10.8 Å². The average molecular weight is 320 g/mol. The van der Waals surface area contributed by atoms with Crippen molar-refractivity contribution in [2.75, 3.05) is 25.6 Å². The first kappa shape index (κ1) is 14.9. The number of thioether (sulfide) groups is 1. The Hall–Kier alpha value is -2.02. The number of likely N-dealkylation sites (N-methyl/N-ethyl adjacent to an activating group) is 1. The van der Waals surface area contributed by atoms with E-state index in [0.717, 1.165) is 10.6 Å². The quantitative estimate of drug-likeness (QED) is 0.784. The zero-order valence-electron chi connectivity index (χ0n) is 12.4. The summed E-state index contributed by atoms with van der Waals surface area (Å²) in [5.41, 5.74) is 0.742. The molecule has 1 saturated heterocycles. The van der Waals surface area contributed by atoms with Crippen LogP contribution in [0.4, 0.5) is 5.69 Å². The van der Waals surface area contributed by atoms with E-state index >= 15 is 0 Å². The molecule has 0 unspecified atom stereocenters.